The third-order valence-electron chi connectivity index (χ3n) is 16.7. The van der Waals surface area contributed by atoms with Gasteiger partial charge in [-0.3, -0.25) is 19.5 Å². The zero-order valence-corrected chi connectivity index (χ0v) is 46.5. The summed E-state index contributed by atoms with van der Waals surface area (Å²) in [5, 5.41) is 37.0. The molecule has 1 aliphatic carbocycles. The van der Waals surface area contributed by atoms with Crippen LogP contribution >= 0.6 is 11.3 Å². The summed E-state index contributed by atoms with van der Waals surface area (Å²) >= 11 is 1.53. The van der Waals surface area contributed by atoms with Crippen molar-refractivity contribution < 1.29 is 38.5 Å². The summed E-state index contributed by atoms with van der Waals surface area (Å²) in [7, 11) is 0. The van der Waals surface area contributed by atoms with Gasteiger partial charge in [-0.25, -0.2) is 9.97 Å². The normalized spacial score (nSPS) is 25.8. The van der Waals surface area contributed by atoms with Crippen LogP contribution in [0.1, 0.15) is 109 Å². The van der Waals surface area contributed by atoms with Crippen LogP contribution in [-0.4, -0.2) is 150 Å². The van der Waals surface area contributed by atoms with E-state index in [1.54, 1.807) is 29.9 Å². The number of piperidine rings is 1. The zero-order chi connectivity index (χ0) is 55.1. The van der Waals surface area contributed by atoms with Crippen molar-refractivity contribution in [3.63, 3.8) is 0 Å². The number of carbonyl (C=O) groups is 2. The van der Waals surface area contributed by atoms with Gasteiger partial charge in [0.1, 0.15) is 30.4 Å². The Kier molecular flexibility index (Phi) is 15.8. The molecular weight excluding hydrogens is 1020 g/mol. The molecule has 0 radical (unpaired) electrons. The number of thiazole rings is 1. The Morgan fingerprint density at radius 3 is 2.34 bits per heavy atom. The van der Waals surface area contributed by atoms with Gasteiger partial charge in [-0.15, -0.1) is 21.5 Å². The number of likely N-dealkylation sites (tertiary alicyclic amines) is 2. The number of hydrogen-bond acceptors (Lipinski definition) is 19. The molecule has 0 spiro atoms. The highest BCUT2D eigenvalue weighted by atomic mass is 32.1. The molecule has 1 aromatic carbocycles. The molecule has 1 saturated carbocycles. The Morgan fingerprint density at radius 2 is 1.63 bits per heavy atom. The number of rotatable bonds is 18. The Balaban J connectivity index is 0.620. The van der Waals surface area contributed by atoms with Crippen LogP contribution in [0.15, 0.2) is 83.1 Å². The molecule has 5 fully saturated rings. The number of carbonyl (C=O) groups excluding carboxylic acids is 2. The number of pyridine rings is 2. The summed E-state index contributed by atoms with van der Waals surface area (Å²) in [6, 6.07) is 18.6. The monoisotopic (exact) mass is 1100 g/mol. The van der Waals surface area contributed by atoms with Crippen LogP contribution < -0.4 is 30.3 Å². The number of nitrogen functional groups attached to an aromatic ring is 1. The highest BCUT2D eigenvalue weighted by Gasteiger charge is 2.45. The number of ether oxygens (including phenoxy) is 3. The molecule has 4 aliphatic heterocycles. The summed E-state index contributed by atoms with van der Waals surface area (Å²) in [5.41, 5.74) is 13.9. The van der Waals surface area contributed by atoms with E-state index < -0.39 is 18.1 Å². The smallest absolute Gasteiger partial charge is 0.254 e. The van der Waals surface area contributed by atoms with Crippen molar-refractivity contribution in [1.29, 1.82) is 0 Å². The number of aromatic nitrogens is 6. The van der Waals surface area contributed by atoms with Gasteiger partial charge in [-0.1, -0.05) is 32.0 Å². The summed E-state index contributed by atoms with van der Waals surface area (Å²) in [6.07, 6.45) is 8.76. The van der Waals surface area contributed by atoms with Gasteiger partial charge in [0.2, 0.25) is 17.7 Å². The number of anilines is 3. The van der Waals surface area contributed by atoms with Crippen molar-refractivity contribution in [3.8, 4) is 39.3 Å². The Bertz CT molecular complexity index is 3070. The number of piperazine rings is 1. The fourth-order valence-electron chi connectivity index (χ4n) is 12.6. The van der Waals surface area contributed by atoms with E-state index in [9.17, 15) is 19.8 Å². The van der Waals surface area contributed by atoms with E-state index in [2.05, 4.69) is 76.3 Å². The largest absolute Gasteiger partial charge is 0.507 e. The molecule has 21 heteroatoms. The first-order valence-electron chi connectivity index (χ1n) is 27.9. The Hall–Kier alpha value is -6.94. The lowest BCUT2D eigenvalue weighted by molar-refractivity contribution is -0.141. The molecule has 5 N–H and O–H groups in total. The Morgan fingerprint density at radius 1 is 0.873 bits per heavy atom. The predicted molar refractivity (Wildman–Crippen MR) is 299 cm³/mol. The number of fused-ring (bicyclic) bond motifs is 2. The molecule has 4 saturated heterocycles. The van der Waals surface area contributed by atoms with Crippen LogP contribution in [0.5, 0.6) is 17.5 Å². The van der Waals surface area contributed by atoms with Crippen LogP contribution in [0, 0.1) is 12.8 Å². The lowest BCUT2D eigenvalue weighted by Crippen LogP contribution is -2.54. The number of aliphatic hydroxyl groups excluding tert-OH is 1. The topological polar surface area (TPSA) is 244 Å². The number of aryl methyl sites for hydroxylation is 1. The second-order valence-corrected chi connectivity index (χ2v) is 23.4. The SMILES string of the molecule is Cc1ncsc1-c1ccc([C@H](C)NC(=O)[C@@H]2C[C@@H](O)CN2C(=O)[C@@H](c2cc(OCCN3[C@H](C)CC(OC4CC(Oc5cc(N6C7CC[C@@H]6CN(c6cc(-c8ccccc8O)nnc6N)C7)ccn5)C4)C[C@@H]3C)no2)C(C)C)cn1. The third-order valence-corrected chi connectivity index (χ3v) is 17.7. The molecule has 2 bridgehead atoms. The maximum Gasteiger partial charge on any atom is 0.254 e. The van der Waals surface area contributed by atoms with E-state index in [1.165, 1.54) is 16.2 Å². The van der Waals surface area contributed by atoms with E-state index in [0.29, 0.717) is 47.7 Å². The van der Waals surface area contributed by atoms with Gasteiger partial charge in [-0.05, 0) is 100 Å². The third kappa shape index (κ3) is 11.6. The molecule has 79 heavy (non-hydrogen) atoms. The number of benzene rings is 1. The molecule has 5 aliphatic rings. The van der Waals surface area contributed by atoms with Gasteiger partial charge >= 0.3 is 0 Å². The molecule has 6 aromatic rings. The summed E-state index contributed by atoms with van der Waals surface area (Å²) in [4.78, 5) is 51.4. The highest BCUT2D eigenvalue weighted by Crippen LogP contribution is 2.41. The first kappa shape index (κ1) is 54.0. The fraction of sp³-hybridized carbons (Fsp3) is 0.517. The molecule has 11 rings (SSSR count). The van der Waals surface area contributed by atoms with Crippen molar-refractivity contribution in [2.45, 2.75) is 153 Å². The van der Waals surface area contributed by atoms with E-state index in [-0.39, 0.29) is 85.0 Å². The highest BCUT2D eigenvalue weighted by molar-refractivity contribution is 7.13. The molecule has 9 heterocycles. The number of hydrogen-bond donors (Lipinski definition) is 4. The van der Waals surface area contributed by atoms with Crippen LogP contribution in [0.4, 0.5) is 17.2 Å². The maximum atomic E-state index is 14.3. The number of nitrogens with two attached hydrogens (primary N) is 1. The number of phenols is 1. The number of nitrogens with zero attached hydrogens (tertiary/aromatic N) is 10. The van der Waals surface area contributed by atoms with E-state index in [4.69, 9.17) is 24.5 Å². The van der Waals surface area contributed by atoms with Crippen molar-refractivity contribution in [3.05, 3.63) is 95.6 Å². The maximum absolute atomic E-state index is 14.3. The van der Waals surface area contributed by atoms with Gasteiger partial charge in [0.15, 0.2) is 11.6 Å². The van der Waals surface area contributed by atoms with E-state index in [0.717, 1.165) is 84.8 Å². The van der Waals surface area contributed by atoms with Crippen LogP contribution in [-0.2, 0) is 14.3 Å². The second-order valence-electron chi connectivity index (χ2n) is 22.6. The van der Waals surface area contributed by atoms with Crippen molar-refractivity contribution >= 4 is 40.3 Å². The number of aliphatic hydroxyl groups is 1. The molecule has 5 aromatic heterocycles. The minimum absolute atomic E-state index is 0.0369. The predicted octanol–water partition coefficient (Wildman–Crippen LogP) is 7.32. The number of amides is 2. The standard InChI is InChI=1S/C58H72N12O8S/c1-32(2)54(58(74)69-30-41(71)22-49(69)57(73)63-35(5)37-11-14-46(61-27-37)55-36(6)62-31-79-55)51-26-53(66-78-51)75-18-17-68-33(3)19-42(20-34(68)4)76-43-23-44(24-43)77-52-21-38(15-16-60-52)70-39-12-13-40(70)29-67(28-39)48-25-47(64-65-56(48)59)45-9-7-8-10-50(45)72/h7-11,14-16,21,25-27,31-35,39-44,49,54,71-72H,12-13,17-20,22-24,28-30H2,1-6H3,(H2,59,65)(H,63,73)/t33-,34+,35-,39+,40?,41+,42?,43?,44?,49-,54+/m0/s1. The molecule has 20 nitrogen and oxygen atoms in total. The minimum Gasteiger partial charge on any atom is -0.507 e. The van der Waals surface area contributed by atoms with Gasteiger partial charge in [0.25, 0.3) is 5.88 Å². The van der Waals surface area contributed by atoms with Crippen LogP contribution in [0.3, 0.4) is 0 Å². The first-order chi connectivity index (χ1) is 38.1. The molecule has 2 unspecified atom stereocenters. The lowest BCUT2D eigenvalue weighted by Gasteiger charge is -2.45. The number of para-hydroxylation sites is 1. The number of nitrogens with one attached hydrogen (secondary N) is 1. The van der Waals surface area contributed by atoms with Crippen LogP contribution in [0.25, 0.3) is 21.8 Å². The van der Waals surface area contributed by atoms with Crippen molar-refractivity contribution in [1.82, 2.24) is 45.4 Å². The molecule has 2 amide bonds. The van der Waals surface area contributed by atoms with Gasteiger partial charge in [0, 0.05) is 105 Å². The second kappa shape index (κ2) is 23.0. The summed E-state index contributed by atoms with van der Waals surface area (Å²) < 4.78 is 25.1. The zero-order valence-electron chi connectivity index (χ0n) is 45.7. The number of β-amino-alcohol motifs (C(OH)–C–C–N with tert-alkyl or cyclic N) is 1. The van der Waals surface area contributed by atoms with Gasteiger partial charge in [0.05, 0.1) is 57.5 Å². The van der Waals surface area contributed by atoms with Gasteiger partial charge < -0.3 is 54.7 Å². The summed E-state index contributed by atoms with van der Waals surface area (Å²) in [5.74, 6) is 0.231. The molecule has 9 atom stereocenters. The lowest BCUT2D eigenvalue weighted by atomic mass is 9.90. The summed E-state index contributed by atoms with van der Waals surface area (Å²) in [6.45, 7) is 14.8. The van der Waals surface area contributed by atoms with Crippen molar-refractivity contribution in [2.24, 2.45) is 5.92 Å². The fourth-order valence-corrected chi connectivity index (χ4v) is 13.4. The molecule has 418 valence electrons. The van der Waals surface area contributed by atoms with Gasteiger partial charge in [-0.2, -0.15) is 0 Å². The van der Waals surface area contributed by atoms with E-state index >= 15 is 0 Å². The average Bonchev–Trinajstić information content (AvgIpc) is 4.27. The average molecular weight is 1100 g/mol. The van der Waals surface area contributed by atoms with E-state index in [1.807, 2.05) is 64.2 Å². The quantitative estimate of drug-likeness (QED) is 0.0658. The molecular formula is C58H72N12O8S. The number of aromatic hydroxyl groups is 1. The Labute approximate surface area is 464 Å². The van der Waals surface area contributed by atoms with Crippen LogP contribution in [0.2, 0.25) is 0 Å². The van der Waals surface area contributed by atoms with Crippen molar-refractivity contribution in [2.75, 3.05) is 48.3 Å². The number of phenolic OH excluding ortho intramolecular Hbond substituents is 1. The first-order valence-corrected chi connectivity index (χ1v) is 28.7. The minimum atomic E-state index is -0.855.